The molecule has 4 rings (SSSR count). The zero-order valence-corrected chi connectivity index (χ0v) is 15.4. The number of aromatic nitrogens is 2. The van der Waals surface area contributed by atoms with Gasteiger partial charge in [0.1, 0.15) is 5.82 Å². The summed E-state index contributed by atoms with van der Waals surface area (Å²) in [5, 5.41) is 0. The van der Waals surface area contributed by atoms with Gasteiger partial charge in [-0.2, -0.15) is 4.98 Å². The summed E-state index contributed by atoms with van der Waals surface area (Å²) < 4.78 is 0. The molecule has 0 N–H and O–H groups in total. The smallest absolute Gasteiger partial charge is 0.231 e. The molecule has 0 saturated heterocycles. The van der Waals surface area contributed by atoms with Crippen LogP contribution in [0.4, 0.5) is 23.1 Å². The van der Waals surface area contributed by atoms with Crippen molar-refractivity contribution in [2.24, 2.45) is 0 Å². The van der Waals surface area contributed by atoms with Gasteiger partial charge in [-0.3, -0.25) is 0 Å². The summed E-state index contributed by atoms with van der Waals surface area (Å²) in [6, 6.07) is 19.1. The maximum atomic E-state index is 4.91. The Balaban J connectivity index is 1.71. The van der Waals surface area contributed by atoms with Crippen LogP contribution in [0.2, 0.25) is 0 Å². The van der Waals surface area contributed by atoms with Crippen LogP contribution in [0.5, 0.6) is 0 Å². The zero-order chi connectivity index (χ0) is 17.9. The van der Waals surface area contributed by atoms with E-state index in [1.165, 1.54) is 16.8 Å². The highest BCUT2D eigenvalue weighted by Crippen LogP contribution is 2.32. The van der Waals surface area contributed by atoms with Gasteiger partial charge in [-0.15, -0.1) is 0 Å². The molecule has 132 valence electrons. The van der Waals surface area contributed by atoms with Crippen LogP contribution in [-0.4, -0.2) is 23.1 Å². The molecule has 0 atom stereocenters. The first-order chi connectivity index (χ1) is 12.8. The van der Waals surface area contributed by atoms with Gasteiger partial charge in [0.25, 0.3) is 0 Å². The van der Waals surface area contributed by atoms with E-state index < -0.39 is 0 Å². The Bertz CT molecular complexity index is 906. The van der Waals surface area contributed by atoms with Crippen LogP contribution < -0.4 is 9.80 Å². The molecule has 0 amide bonds. The number of aryl methyl sites for hydroxylation is 2. The Kier molecular flexibility index (Phi) is 4.57. The number of benzene rings is 2. The lowest BCUT2D eigenvalue weighted by Crippen LogP contribution is -2.27. The van der Waals surface area contributed by atoms with Crippen molar-refractivity contribution in [1.82, 2.24) is 9.97 Å². The lowest BCUT2D eigenvalue weighted by atomic mass is 10.0. The highest BCUT2D eigenvalue weighted by molar-refractivity contribution is 5.66. The number of fused-ring (bicyclic) bond motifs is 1. The van der Waals surface area contributed by atoms with Gasteiger partial charge in [0.15, 0.2) is 0 Å². The van der Waals surface area contributed by atoms with E-state index in [4.69, 9.17) is 4.98 Å². The number of hydrogen-bond acceptors (Lipinski definition) is 4. The molecule has 1 aliphatic heterocycles. The highest BCUT2D eigenvalue weighted by Gasteiger charge is 2.20. The Labute approximate surface area is 155 Å². The molecule has 0 saturated carbocycles. The molecule has 1 aliphatic rings. The van der Waals surface area contributed by atoms with Crippen molar-refractivity contribution in [2.45, 2.75) is 26.7 Å². The molecule has 0 fully saturated rings. The molecule has 0 spiro atoms. The molecule has 0 bridgehead atoms. The van der Waals surface area contributed by atoms with Gasteiger partial charge in [0.2, 0.25) is 5.95 Å². The fourth-order valence-corrected chi connectivity index (χ4v) is 3.63. The van der Waals surface area contributed by atoms with E-state index in [1.807, 2.05) is 12.3 Å². The predicted octanol–water partition coefficient (Wildman–Crippen LogP) is 5.03. The first kappa shape index (κ1) is 16.6. The first-order valence-electron chi connectivity index (χ1n) is 9.29. The van der Waals surface area contributed by atoms with Gasteiger partial charge in [0.05, 0.1) is 0 Å². The average molecular weight is 344 g/mol. The minimum Gasteiger partial charge on any atom is -0.326 e. The lowest BCUT2D eigenvalue weighted by molar-refractivity contribution is 0.749. The molecule has 0 unspecified atom stereocenters. The van der Waals surface area contributed by atoms with E-state index in [1.54, 1.807) is 0 Å². The van der Waals surface area contributed by atoms with E-state index in [-0.39, 0.29) is 0 Å². The molecule has 4 heteroatoms. The van der Waals surface area contributed by atoms with E-state index in [0.717, 1.165) is 43.4 Å². The minimum atomic E-state index is 0.778. The molecule has 26 heavy (non-hydrogen) atoms. The fraction of sp³-hybridized carbons (Fsp3) is 0.273. The summed E-state index contributed by atoms with van der Waals surface area (Å²) >= 11 is 0. The van der Waals surface area contributed by atoms with Gasteiger partial charge in [-0.25, -0.2) is 4.98 Å². The zero-order valence-electron chi connectivity index (χ0n) is 15.4. The fourth-order valence-electron chi connectivity index (χ4n) is 3.63. The highest BCUT2D eigenvalue weighted by atomic mass is 15.3. The van der Waals surface area contributed by atoms with Gasteiger partial charge in [-0.1, -0.05) is 30.3 Å². The van der Waals surface area contributed by atoms with Crippen molar-refractivity contribution in [3.63, 3.8) is 0 Å². The summed E-state index contributed by atoms with van der Waals surface area (Å²) in [5.74, 6) is 1.71. The maximum Gasteiger partial charge on any atom is 0.231 e. The second kappa shape index (κ2) is 7.16. The Morgan fingerprint density at radius 2 is 1.96 bits per heavy atom. The van der Waals surface area contributed by atoms with Crippen molar-refractivity contribution in [2.75, 3.05) is 22.9 Å². The number of anilines is 4. The lowest BCUT2D eigenvalue weighted by Gasteiger charge is -2.30. The summed E-state index contributed by atoms with van der Waals surface area (Å²) in [4.78, 5) is 14.0. The molecular formula is C22H24N4. The monoisotopic (exact) mass is 344 g/mol. The van der Waals surface area contributed by atoms with Gasteiger partial charge < -0.3 is 9.80 Å². The molecule has 0 radical (unpaired) electrons. The molecule has 2 aromatic carbocycles. The molecular weight excluding hydrogens is 320 g/mol. The maximum absolute atomic E-state index is 4.91. The molecule has 1 aromatic heterocycles. The minimum absolute atomic E-state index is 0.778. The predicted molar refractivity (Wildman–Crippen MR) is 108 cm³/mol. The second-order valence-corrected chi connectivity index (χ2v) is 6.68. The largest absolute Gasteiger partial charge is 0.326 e. The average Bonchev–Trinajstić information content (AvgIpc) is 2.68. The number of hydrogen-bond donors (Lipinski definition) is 0. The van der Waals surface area contributed by atoms with Crippen LogP contribution in [-0.2, 0) is 6.42 Å². The van der Waals surface area contributed by atoms with Crippen molar-refractivity contribution < 1.29 is 0 Å². The summed E-state index contributed by atoms with van der Waals surface area (Å²) in [6.07, 6.45) is 4.12. The SMILES string of the molecule is CCN(c1cccc(C)c1)c1ccnc(N2CCCc3ccccc32)n1. The normalized spacial score (nSPS) is 13.4. The van der Waals surface area contributed by atoms with Crippen LogP contribution >= 0.6 is 0 Å². The molecule has 2 heterocycles. The van der Waals surface area contributed by atoms with Crippen molar-refractivity contribution >= 4 is 23.1 Å². The summed E-state index contributed by atoms with van der Waals surface area (Å²) in [7, 11) is 0. The van der Waals surface area contributed by atoms with Crippen LogP contribution in [0, 0.1) is 6.92 Å². The third-order valence-electron chi connectivity index (χ3n) is 4.89. The molecule has 3 aromatic rings. The third-order valence-corrected chi connectivity index (χ3v) is 4.89. The number of para-hydroxylation sites is 1. The van der Waals surface area contributed by atoms with Crippen molar-refractivity contribution in [3.05, 3.63) is 71.9 Å². The van der Waals surface area contributed by atoms with Gasteiger partial charge in [0, 0.05) is 30.7 Å². The van der Waals surface area contributed by atoms with Gasteiger partial charge >= 0.3 is 0 Å². The van der Waals surface area contributed by atoms with Gasteiger partial charge in [-0.05, 0) is 62.1 Å². The van der Waals surface area contributed by atoms with Crippen molar-refractivity contribution in [3.8, 4) is 0 Å². The topological polar surface area (TPSA) is 32.3 Å². The van der Waals surface area contributed by atoms with Crippen LogP contribution in [0.3, 0.4) is 0 Å². The Hall–Kier alpha value is -2.88. The summed E-state index contributed by atoms with van der Waals surface area (Å²) in [6.45, 7) is 6.08. The second-order valence-electron chi connectivity index (χ2n) is 6.68. The number of nitrogens with zero attached hydrogens (tertiary/aromatic N) is 4. The van der Waals surface area contributed by atoms with Crippen LogP contribution in [0.1, 0.15) is 24.5 Å². The summed E-state index contributed by atoms with van der Waals surface area (Å²) in [5.41, 5.74) is 5.02. The van der Waals surface area contributed by atoms with E-state index in [0.29, 0.717) is 0 Å². The Morgan fingerprint density at radius 1 is 1.08 bits per heavy atom. The van der Waals surface area contributed by atoms with E-state index >= 15 is 0 Å². The number of rotatable bonds is 4. The molecule has 4 nitrogen and oxygen atoms in total. The van der Waals surface area contributed by atoms with E-state index in [9.17, 15) is 0 Å². The van der Waals surface area contributed by atoms with Crippen LogP contribution in [0.15, 0.2) is 60.8 Å². The van der Waals surface area contributed by atoms with Crippen LogP contribution in [0.25, 0.3) is 0 Å². The molecule has 0 aliphatic carbocycles. The Morgan fingerprint density at radius 3 is 2.81 bits per heavy atom. The third kappa shape index (κ3) is 3.15. The van der Waals surface area contributed by atoms with E-state index in [2.05, 4.69) is 77.2 Å². The first-order valence-corrected chi connectivity index (χ1v) is 9.29. The van der Waals surface area contributed by atoms with Crippen molar-refractivity contribution in [1.29, 1.82) is 0 Å². The standard InChI is InChI=1S/C22H24N4/c1-3-25(19-11-6-8-17(2)16-19)21-13-14-23-22(24-21)26-15-7-10-18-9-4-5-12-20(18)26/h4-6,8-9,11-14,16H,3,7,10,15H2,1-2H3. The quantitative estimate of drug-likeness (QED) is 0.665.